The van der Waals surface area contributed by atoms with Crippen LogP contribution in [0.1, 0.15) is 29.6 Å². The van der Waals surface area contributed by atoms with Crippen molar-refractivity contribution in [1.29, 1.82) is 0 Å². The Morgan fingerprint density at radius 2 is 2.00 bits per heavy atom. The molecule has 1 fully saturated rings. The van der Waals surface area contributed by atoms with Crippen molar-refractivity contribution < 1.29 is 14.7 Å². The lowest BCUT2D eigenvalue weighted by atomic mass is 9.88. The normalized spacial score (nSPS) is 22.2. The number of rotatable bonds is 3. The number of hydrogen-bond donors (Lipinski definition) is 2. The van der Waals surface area contributed by atoms with E-state index < -0.39 is 17.8 Å². The van der Waals surface area contributed by atoms with Crippen LogP contribution in [0.5, 0.6) is 0 Å². The Labute approximate surface area is 120 Å². The number of fused-ring (bicyclic) bond motifs is 1. The fourth-order valence-corrected chi connectivity index (χ4v) is 3.24. The Hall–Kier alpha value is -1.81. The first-order valence-electron chi connectivity index (χ1n) is 6.61. The number of halogens is 1. The van der Waals surface area contributed by atoms with E-state index >= 15 is 0 Å². The third-order valence-corrected chi connectivity index (χ3v) is 4.31. The molecule has 1 heterocycles. The van der Waals surface area contributed by atoms with Crippen LogP contribution in [-0.2, 0) is 4.79 Å². The van der Waals surface area contributed by atoms with Crippen LogP contribution in [0, 0.1) is 11.8 Å². The second-order valence-electron chi connectivity index (χ2n) is 5.24. The molecule has 1 aliphatic carbocycles. The zero-order valence-corrected chi connectivity index (χ0v) is 11.5. The number of nitrogens with one attached hydrogen (secondary N) is 1. The lowest BCUT2D eigenvalue weighted by Crippen LogP contribution is -2.25. The summed E-state index contributed by atoms with van der Waals surface area (Å²) in [5, 5.41) is 10.5. The number of Topliss-reactive ketones (excluding diaryl/α,β-unsaturated/α-hetero) is 1. The molecule has 1 aromatic carbocycles. The van der Waals surface area contributed by atoms with Gasteiger partial charge in [-0.25, -0.2) is 0 Å². The molecule has 0 saturated heterocycles. The van der Waals surface area contributed by atoms with Crippen molar-refractivity contribution in [2.45, 2.75) is 19.3 Å². The molecule has 2 aromatic rings. The molecule has 20 heavy (non-hydrogen) atoms. The monoisotopic (exact) mass is 291 g/mol. The van der Waals surface area contributed by atoms with Crippen molar-refractivity contribution in [3.05, 3.63) is 35.0 Å². The minimum atomic E-state index is -0.876. The summed E-state index contributed by atoms with van der Waals surface area (Å²) in [6.45, 7) is 0. The fraction of sp³-hybridized carbons (Fsp3) is 0.333. The fourth-order valence-electron chi connectivity index (χ4n) is 3.07. The van der Waals surface area contributed by atoms with Gasteiger partial charge in [-0.1, -0.05) is 18.0 Å². The maximum atomic E-state index is 12.6. The van der Waals surface area contributed by atoms with E-state index in [1.165, 1.54) is 0 Å². The summed E-state index contributed by atoms with van der Waals surface area (Å²) in [7, 11) is 0. The molecule has 0 aliphatic heterocycles. The van der Waals surface area contributed by atoms with E-state index in [1.54, 1.807) is 18.3 Å². The van der Waals surface area contributed by atoms with Crippen LogP contribution >= 0.6 is 11.6 Å². The van der Waals surface area contributed by atoms with Gasteiger partial charge < -0.3 is 10.1 Å². The molecule has 2 unspecified atom stereocenters. The van der Waals surface area contributed by atoms with Gasteiger partial charge in [-0.15, -0.1) is 0 Å². The highest BCUT2D eigenvalue weighted by molar-refractivity contribution is 6.31. The highest BCUT2D eigenvalue weighted by Gasteiger charge is 2.38. The second-order valence-corrected chi connectivity index (χ2v) is 5.68. The number of carboxylic acid groups (broad SMARTS) is 1. The molecule has 1 aliphatic rings. The van der Waals surface area contributed by atoms with Gasteiger partial charge in [0, 0.05) is 33.6 Å². The Balaban J connectivity index is 2.00. The van der Waals surface area contributed by atoms with Gasteiger partial charge in [-0.2, -0.15) is 0 Å². The van der Waals surface area contributed by atoms with Gasteiger partial charge >= 0.3 is 5.97 Å². The largest absolute Gasteiger partial charge is 0.481 e. The number of carbonyl (C=O) groups excluding carboxylic acids is 1. The van der Waals surface area contributed by atoms with Crippen LogP contribution in [0.25, 0.3) is 10.9 Å². The number of aliphatic carboxylic acids is 1. The van der Waals surface area contributed by atoms with Crippen LogP contribution in [0.2, 0.25) is 5.02 Å². The molecule has 0 amide bonds. The number of H-pyrrole nitrogens is 1. The minimum Gasteiger partial charge on any atom is -0.481 e. The number of hydrogen-bond acceptors (Lipinski definition) is 2. The van der Waals surface area contributed by atoms with Crippen LogP contribution < -0.4 is 0 Å². The van der Waals surface area contributed by atoms with Crippen LogP contribution in [-0.4, -0.2) is 21.8 Å². The van der Waals surface area contributed by atoms with Crippen molar-refractivity contribution >= 4 is 34.3 Å². The maximum Gasteiger partial charge on any atom is 0.307 e. The first kappa shape index (κ1) is 13.2. The molecular weight excluding hydrogens is 278 g/mol. The molecule has 1 saturated carbocycles. The number of carbonyl (C=O) groups is 2. The van der Waals surface area contributed by atoms with E-state index in [0.29, 0.717) is 23.4 Å². The number of ketones is 1. The van der Waals surface area contributed by atoms with Gasteiger partial charge in [-0.3, -0.25) is 9.59 Å². The standard InChI is InChI=1S/C15H14ClNO3/c16-8-4-5-13-11(6-8)12(7-17-13)14(18)9-2-1-3-10(9)15(19)20/h4-7,9-10,17H,1-3H2,(H,19,20). The SMILES string of the molecule is O=C(O)C1CCCC1C(=O)c1c[nH]c2ccc(Cl)cc12. The Morgan fingerprint density at radius 1 is 1.25 bits per heavy atom. The number of aromatic nitrogens is 1. The Morgan fingerprint density at radius 3 is 2.75 bits per heavy atom. The summed E-state index contributed by atoms with van der Waals surface area (Å²) < 4.78 is 0. The molecule has 0 radical (unpaired) electrons. The van der Waals surface area contributed by atoms with Crippen LogP contribution in [0.3, 0.4) is 0 Å². The summed E-state index contributed by atoms with van der Waals surface area (Å²) in [6, 6.07) is 5.31. The van der Waals surface area contributed by atoms with Crippen molar-refractivity contribution in [3.8, 4) is 0 Å². The van der Waals surface area contributed by atoms with Crippen molar-refractivity contribution in [1.82, 2.24) is 4.98 Å². The average Bonchev–Trinajstić information content (AvgIpc) is 3.04. The predicted octanol–water partition coefficient (Wildman–Crippen LogP) is 3.50. The first-order chi connectivity index (χ1) is 9.58. The van der Waals surface area contributed by atoms with Gasteiger partial charge in [-0.05, 0) is 31.0 Å². The summed E-state index contributed by atoms with van der Waals surface area (Å²) in [5.41, 5.74) is 1.38. The van der Waals surface area contributed by atoms with Crippen molar-refractivity contribution in [3.63, 3.8) is 0 Å². The first-order valence-corrected chi connectivity index (χ1v) is 6.99. The highest BCUT2D eigenvalue weighted by Crippen LogP contribution is 2.36. The Bertz CT molecular complexity index is 691. The van der Waals surface area contributed by atoms with Gasteiger partial charge in [0.1, 0.15) is 0 Å². The number of carboxylic acids is 1. The third kappa shape index (κ3) is 2.10. The van der Waals surface area contributed by atoms with Gasteiger partial charge in [0.25, 0.3) is 0 Å². The summed E-state index contributed by atoms with van der Waals surface area (Å²) in [4.78, 5) is 26.9. The van der Waals surface area contributed by atoms with Crippen LogP contribution in [0.4, 0.5) is 0 Å². The zero-order valence-electron chi connectivity index (χ0n) is 10.7. The molecule has 5 heteroatoms. The van der Waals surface area contributed by atoms with Crippen molar-refractivity contribution in [2.75, 3.05) is 0 Å². The summed E-state index contributed by atoms with van der Waals surface area (Å²) in [5.74, 6) is -1.96. The number of benzene rings is 1. The lowest BCUT2D eigenvalue weighted by molar-refractivity contribution is -0.142. The van der Waals surface area contributed by atoms with E-state index in [1.807, 2.05) is 6.07 Å². The van der Waals surface area contributed by atoms with E-state index in [9.17, 15) is 14.7 Å². The maximum absolute atomic E-state index is 12.6. The van der Waals surface area contributed by atoms with E-state index in [2.05, 4.69) is 4.98 Å². The second kappa shape index (κ2) is 4.94. The van der Waals surface area contributed by atoms with Crippen LogP contribution in [0.15, 0.2) is 24.4 Å². The predicted molar refractivity (Wildman–Crippen MR) is 76.1 cm³/mol. The van der Waals surface area contributed by atoms with E-state index in [4.69, 9.17) is 11.6 Å². The molecule has 0 bridgehead atoms. The van der Waals surface area contributed by atoms with Gasteiger partial charge in [0.05, 0.1) is 5.92 Å². The molecule has 2 N–H and O–H groups in total. The molecule has 104 valence electrons. The summed E-state index contributed by atoms with van der Waals surface area (Å²) in [6.07, 6.45) is 3.66. The van der Waals surface area contributed by atoms with Gasteiger partial charge in [0.2, 0.25) is 0 Å². The third-order valence-electron chi connectivity index (χ3n) is 4.08. The van der Waals surface area contributed by atoms with E-state index in [0.717, 1.165) is 17.3 Å². The Kier molecular flexibility index (Phi) is 3.26. The van der Waals surface area contributed by atoms with Crippen molar-refractivity contribution in [2.24, 2.45) is 11.8 Å². The van der Waals surface area contributed by atoms with Gasteiger partial charge in [0.15, 0.2) is 5.78 Å². The quantitative estimate of drug-likeness (QED) is 0.850. The molecular formula is C15H14ClNO3. The smallest absolute Gasteiger partial charge is 0.307 e. The molecule has 2 atom stereocenters. The number of aromatic amines is 1. The lowest BCUT2D eigenvalue weighted by Gasteiger charge is -2.13. The average molecular weight is 292 g/mol. The molecule has 0 spiro atoms. The minimum absolute atomic E-state index is 0.0941. The van der Waals surface area contributed by atoms with E-state index in [-0.39, 0.29) is 5.78 Å². The highest BCUT2D eigenvalue weighted by atomic mass is 35.5. The zero-order chi connectivity index (χ0) is 14.3. The molecule has 3 rings (SSSR count). The molecule has 4 nitrogen and oxygen atoms in total. The topological polar surface area (TPSA) is 70.2 Å². The molecule has 1 aromatic heterocycles. The summed E-state index contributed by atoms with van der Waals surface area (Å²) >= 11 is 5.97.